The number of nitrogens with zero attached hydrogens (tertiary/aromatic N) is 1. The Labute approximate surface area is 113 Å². The molecule has 1 fully saturated rings. The molecule has 0 bridgehead atoms. The van der Waals surface area contributed by atoms with Crippen LogP contribution in [0.3, 0.4) is 0 Å². The summed E-state index contributed by atoms with van der Waals surface area (Å²) in [5.41, 5.74) is 0.825. The van der Waals surface area contributed by atoms with E-state index in [9.17, 15) is 15.0 Å². The normalized spacial score (nSPS) is 25.4. The molecule has 4 heteroatoms. The highest BCUT2D eigenvalue weighted by molar-refractivity contribution is 5.76. The second kappa shape index (κ2) is 6.17. The number of rotatable bonds is 5. The smallest absolute Gasteiger partial charge is 0.312 e. The van der Waals surface area contributed by atoms with Gasteiger partial charge in [-0.05, 0) is 24.4 Å². The van der Waals surface area contributed by atoms with E-state index in [1.54, 1.807) is 0 Å². The minimum Gasteiger partial charge on any atom is -0.481 e. The third-order valence-electron chi connectivity index (χ3n) is 4.10. The highest BCUT2D eigenvalue weighted by atomic mass is 16.4. The van der Waals surface area contributed by atoms with Gasteiger partial charge in [-0.15, -0.1) is 0 Å². The highest BCUT2D eigenvalue weighted by Gasteiger charge is 2.33. The van der Waals surface area contributed by atoms with E-state index in [1.165, 1.54) is 0 Å². The number of carboxylic acids is 1. The van der Waals surface area contributed by atoms with E-state index in [4.69, 9.17) is 0 Å². The van der Waals surface area contributed by atoms with Gasteiger partial charge in [0.15, 0.2) is 0 Å². The van der Waals surface area contributed by atoms with Gasteiger partial charge < -0.3 is 10.2 Å². The number of carbonyl (C=O) groups is 1. The fraction of sp³-hybridized carbons (Fsp3) is 0.533. The zero-order valence-corrected chi connectivity index (χ0v) is 11.2. The first kappa shape index (κ1) is 14.0. The van der Waals surface area contributed by atoms with Crippen LogP contribution >= 0.6 is 0 Å². The van der Waals surface area contributed by atoms with E-state index in [-0.39, 0.29) is 12.6 Å². The minimum atomic E-state index is -0.803. The highest BCUT2D eigenvalue weighted by Crippen LogP contribution is 2.27. The monoisotopic (exact) mass is 263 g/mol. The second-order valence-corrected chi connectivity index (χ2v) is 5.31. The topological polar surface area (TPSA) is 60.8 Å². The molecule has 0 saturated carbocycles. The van der Waals surface area contributed by atoms with E-state index >= 15 is 0 Å². The van der Waals surface area contributed by atoms with E-state index in [2.05, 4.69) is 11.8 Å². The number of likely N-dealkylation sites (tertiary alicyclic amines) is 1. The summed E-state index contributed by atoms with van der Waals surface area (Å²) >= 11 is 0. The van der Waals surface area contributed by atoms with Gasteiger partial charge in [0.2, 0.25) is 0 Å². The lowest BCUT2D eigenvalue weighted by Gasteiger charge is -2.27. The number of aliphatic hydroxyl groups excluding tert-OH is 1. The molecule has 1 aromatic carbocycles. The third kappa shape index (κ3) is 3.14. The number of aliphatic carboxylic acids is 1. The second-order valence-electron chi connectivity index (χ2n) is 5.31. The predicted molar refractivity (Wildman–Crippen MR) is 73.0 cm³/mol. The van der Waals surface area contributed by atoms with E-state index in [1.807, 2.05) is 30.3 Å². The summed E-state index contributed by atoms with van der Waals surface area (Å²) in [6.07, 6.45) is 1.02. The Balaban J connectivity index is 2.12. The van der Waals surface area contributed by atoms with Gasteiger partial charge >= 0.3 is 5.97 Å². The Kier molecular flexibility index (Phi) is 4.56. The summed E-state index contributed by atoms with van der Waals surface area (Å²) in [5.74, 6) is -0.904. The molecule has 2 N–H and O–H groups in total. The molecule has 3 unspecified atom stereocenters. The maximum Gasteiger partial charge on any atom is 0.312 e. The molecular formula is C15H21NO3. The molecule has 1 aliphatic heterocycles. The number of hydrogen-bond acceptors (Lipinski definition) is 3. The Hall–Kier alpha value is -1.39. The van der Waals surface area contributed by atoms with Crippen LogP contribution in [-0.2, 0) is 4.79 Å². The Morgan fingerprint density at radius 3 is 2.68 bits per heavy atom. The van der Waals surface area contributed by atoms with Crippen LogP contribution in [0.25, 0.3) is 0 Å². The maximum atomic E-state index is 11.5. The molecule has 1 aromatic rings. The summed E-state index contributed by atoms with van der Waals surface area (Å²) in [6, 6.07) is 9.41. The van der Waals surface area contributed by atoms with Crippen LogP contribution in [0.2, 0.25) is 0 Å². The average Bonchev–Trinajstić information content (AvgIpc) is 2.77. The van der Waals surface area contributed by atoms with E-state index in [0.717, 1.165) is 18.5 Å². The Morgan fingerprint density at radius 1 is 1.42 bits per heavy atom. The Morgan fingerprint density at radius 2 is 2.11 bits per heavy atom. The van der Waals surface area contributed by atoms with Gasteiger partial charge in [0.25, 0.3) is 0 Å². The van der Waals surface area contributed by atoms with Gasteiger partial charge in [0.05, 0.1) is 12.5 Å². The van der Waals surface area contributed by atoms with Gasteiger partial charge in [0, 0.05) is 12.6 Å². The lowest BCUT2D eigenvalue weighted by molar-refractivity contribution is -0.139. The van der Waals surface area contributed by atoms with Crippen molar-refractivity contribution in [2.75, 3.05) is 19.7 Å². The zero-order chi connectivity index (χ0) is 13.8. The lowest BCUT2D eigenvalue weighted by Crippen LogP contribution is -2.39. The van der Waals surface area contributed by atoms with Crippen molar-refractivity contribution >= 4 is 5.97 Å². The fourth-order valence-electron chi connectivity index (χ4n) is 2.86. The molecular weight excluding hydrogens is 242 g/mol. The van der Waals surface area contributed by atoms with Crippen LogP contribution in [0.15, 0.2) is 30.3 Å². The number of hydrogen-bond donors (Lipinski definition) is 2. The molecule has 0 aliphatic carbocycles. The standard InChI is InChI=1S/C15H21NO3/c1-11-7-8-16(14(11)10-17)9-13(15(18)19)12-5-3-2-4-6-12/h2-6,11,13-14,17H,7-10H2,1H3,(H,18,19). The van der Waals surface area contributed by atoms with Crippen molar-refractivity contribution in [1.82, 2.24) is 4.90 Å². The summed E-state index contributed by atoms with van der Waals surface area (Å²) in [6.45, 7) is 3.54. The summed E-state index contributed by atoms with van der Waals surface area (Å²) in [4.78, 5) is 13.6. The summed E-state index contributed by atoms with van der Waals surface area (Å²) < 4.78 is 0. The van der Waals surface area contributed by atoms with Crippen molar-refractivity contribution in [3.05, 3.63) is 35.9 Å². The molecule has 1 heterocycles. The first-order valence-corrected chi connectivity index (χ1v) is 6.76. The molecule has 104 valence electrons. The molecule has 0 spiro atoms. The SMILES string of the molecule is CC1CCN(CC(C(=O)O)c2ccccc2)C1CO. The molecule has 1 saturated heterocycles. The van der Waals surface area contributed by atoms with Crippen molar-refractivity contribution in [2.24, 2.45) is 5.92 Å². The lowest BCUT2D eigenvalue weighted by atomic mass is 9.97. The van der Waals surface area contributed by atoms with Crippen LogP contribution in [0, 0.1) is 5.92 Å². The molecule has 2 rings (SSSR count). The van der Waals surface area contributed by atoms with Crippen LogP contribution in [-0.4, -0.2) is 46.8 Å². The number of carboxylic acid groups (broad SMARTS) is 1. The predicted octanol–water partition coefficient (Wildman–Crippen LogP) is 1.56. The van der Waals surface area contributed by atoms with Gasteiger partial charge in [0.1, 0.15) is 0 Å². The fourth-order valence-corrected chi connectivity index (χ4v) is 2.86. The number of aliphatic hydroxyl groups is 1. The van der Waals surface area contributed by atoms with Crippen molar-refractivity contribution < 1.29 is 15.0 Å². The first-order valence-electron chi connectivity index (χ1n) is 6.76. The maximum absolute atomic E-state index is 11.5. The van der Waals surface area contributed by atoms with Crippen molar-refractivity contribution in [3.63, 3.8) is 0 Å². The van der Waals surface area contributed by atoms with E-state index < -0.39 is 11.9 Å². The van der Waals surface area contributed by atoms with Crippen LogP contribution < -0.4 is 0 Å². The third-order valence-corrected chi connectivity index (χ3v) is 4.10. The molecule has 4 nitrogen and oxygen atoms in total. The van der Waals surface area contributed by atoms with Gasteiger partial charge in [-0.1, -0.05) is 37.3 Å². The first-order chi connectivity index (χ1) is 9.13. The van der Waals surface area contributed by atoms with Crippen molar-refractivity contribution in [1.29, 1.82) is 0 Å². The molecule has 0 aromatic heterocycles. The largest absolute Gasteiger partial charge is 0.481 e. The molecule has 19 heavy (non-hydrogen) atoms. The number of benzene rings is 1. The summed E-state index contributed by atoms with van der Waals surface area (Å²) in [5, 5.41) is 18.9. The van der Waals surface area contributed by atoms with Crippen molar-refractivity contribution in [3.8, 4) is 0 Å². The van der Waals surface area contributed by atoms with Gasteiger partial charge in [-0.2, -0.15) is 0 Å². The van der Waals surface area contributed by atoms with Gasteiger partial charge in [-0.25, -0.2) is 0 Å². The molecule has 3 atom stereocenters. The zero-order valence-electron chi connectivity index (χ0n) is 11.2. The quantitative estimate of drug-likeness (QED) is 0.846. The van der Waals surface area contributed by atoms with Gasteiger partial charge in [-0.3, -0.25) is 9.69 Å². The molecule has 1 aliphatic rings. The Bertz CT molecular complexity index is 421. The molecule has 0 amide bonds. The summed E-state index contributed by atoms with van der Waals surface area (Å²) in [7, 11) is 0. The van der Waals surface area contributed by atoms with Crippen LogP contribution in [0.1, 0.15) is 24.8 Å². The average molecular weight is 263 g/mol. The van der Waals surface area contributed by atoms with Crippen LogP contribution in [0.4, 0.5) is 0 Å². The van der Waals surface area contributed by atoms with Crippen LogP contribution in [0.5, 0.6) is 0 Å². The van der Waals surface area contributed by atoms with E-state index in [0.29, 0.717) is 12.5 Å². The van der Waals surface area contributed by atoms with Crippen molar-refractivity contribution in [2.45, 2.75) is 25.3 Å². The minimum absolute atomic E-state index is 0.0885. The molecule has 0 radical (unpaired) electrons.